The topological polar surface area (TPSA) is 0 Å². The third kappa shape index (κ3) is 8.84. The fourth-order valence-electron chi connectivity index (χ4n) is 0. The molecule has 0 aromatic heterocycles. The molecule has 2 radical (unpaired) electrons. The third-order valence-electron chi connectivity index (χ3n) is 0. The van der Waals surface area contributed by atoms with Crippen molar-refractivity contribution in [2.45, 2.75) is 0 Å². The molecule has 0 aromatic carbocycles. The molecule has 0 saturated carbocycles. The summed E-state index contributed by atoms with van der Waals surface area (Å²) >= 11 is 0. The quantitative estimate of drug-likeness (QED) is 0.547. The number of hydrogen-bond acceptors (Lipinski definition) is 0. The van der Waals surface area contributed by atoms with Gasteiger partial charge in [0, 0.05) is 74.7 Å². The van der Waals surface area contributed by atoms with E-state index in [1.54, 1.807) is 0 Å². The Kier molecular flexibility index (Phi) is 151. The summed E-state index contributed by atoms with van der Waals surface area (Å²) in [7, 11) is 0. The van der Waals surface area contributed by atoms with Crippen molar-refractivity contribution >= 4 is 0 Å². The fraction of sp³-hybridized carbons (Fsp3) is 0. The summed E-state index contributed by atoms with van der Waals surface area (Å²) in [5.41, 5.74) is 0. The molecular formula is CuMnMoZn. The van der Waals surface area contributed by atoms with Crippen LogP contribution in [0.25, 0.3) is 0 Å². The molecule has 0 rings (SSSR count). The van der Waals surface area contributed by atoms with E-state index in [-0.39, 0.29) is 74.7 Å². The van der Waals surface area contributed by atoms with Gasteiger partial charge < -0.3 is 0 Å². The SMILES string of the molecule is [Cu].[Mn].[Mo].[Zn]. The Bertz CT molecular complexity index is 8.00. The smallest absolute Gasteiger partial charge is 0 e. The van der Waals surface area contributed by atoms with Gasteiger partial charge in [0.05, 0.1) is 0 Å². The molecule has 0 unspecified atom stereocenters. The summed E-state index contributed by atoms with van der Waals surface area (Å²) in [4.78, 5) is 0. The van der Waals surface area contributed by atoms with E-state index in [1.807, 2.05) is 0 Å². The first-order valence-corrected chi connectivity index (χ1v) is 0. The van der Waals surface area contributed by atoms with Gasteiger partial charge >= 0.3 is 0 Å². The molecule has 4 heavy (non-hydrogen) atoms. The van der Waals surface area contributed by atoms with Gasteiger partial charge in [0.1, 0.15) is 0 Å². The van der Waals surface area contributed by atoms with Crippen molar-refractivity contribution in [1.29, 1.82) is 0 Å². The van der Waals surface area contributed by atoms with Crippen LogP contribution in [0.1, 0.15) is 0 Å². The second-order valence-corrected chi connectivity index (χ2v) is 0. The predicted octanol–water partition coefficient (Wildman–Crippen LogP) is -0.0100. The molecule has 4 heteroatoms. The Morgan fingerprint density at radius 1 is 1.00 bits per heavy atom. The van der Waals surface area contributed by atoms with E-state index in [9.17, 15) is 0 Å². The molecule has 0 aliphatic rings. The molecule has 0 atom stereocenters. The van der Waals surface area contributed by atoms with E-state index < -0.39 is 0 Å². The zero-order valence-electron chi connectivity index (χ0n) is 1.79. The van der Waals surface area contributed by atoms with E-state index in [4.69, 9.17) is 0 Å². The predicted molar refractivity (Wildman–Crippen MR) is 0 cm³/mol. The minimum Gasteiger partial charge on any atom is 0 e. The van der Waals surface area contributed by atoms with Crippen LogP contribution in [-0.4, -0.2) is 0 Å². The van der Waals surface area contributed by atoms with Crippen LogP contribution < -0.4 is 0 Å². The van der Waals surface area contributed by atoms with Crippen molar-refractivity contribution in [3.63, 3.8) is 0 Å². The standard InChI is InChI=1S/Cu.Mn.Mo.Zn. The average Bonchev–Trinajstić information content (AvgIpc) is 0. The molecule has 0 spiro atoms. The van der Waals surface area contributed by atoms with Gasteiger partial charge in [-0.05, 0) is 0 Å². The first kappa shape index (κ1) is 32.9. The van der Waals surface area contributed by atoms with Crippen molar-refractivity contribution < 1.29 is 74.7 Å². The van der Waals surface area contributed by atoms with Gasteiger partial charge in [-0.1, -0.05) is 0 Å². The molecule has 0 heterocycles. The van der Waals surface area contributed by atoms with Crippen LogP contribution in [-0.2, 0) is 74.7 Å². The zero-order chi connectivity index (χ0) is 0. The molecular weight excluding hydrogens is 280 g/mol. The van der Waals surface area contributed by atoms with Crippen molar-refractivity contribution in [1.82, 2.24) is 0 Å². The second kappa shape index (κ2) is 18.3. The maximum absolute atomic E-state index is 0. The molecule has 0 aliphatic heterocycles. The summed E-state index contributed by atoms with van der Waals surface area (Å²) in [6, 6.07) is 0. The van der Waals surface area contributed by atoms with Gasteiger partial charge in [-0.3, -0.25) is 0 Å². The average molecular weight is 280 g/mol. The summed E-state index contributed by atoms with van der Waals surface area (Å²) in [6.45, 7) is 0. The third-order valence-corrected chi connectivity index (χ3v) is 0. The Labute approximate surface area is 73.8 Å². The Morgan fingerprint density at radius 2 is 1.00 bits per heavy atom. The molecule has 0 bridgehead atoms. The van der Waals surface area contributed by atoms with Gasteiger partial charge in [-0.25, -0.2) is 0 Å². The van der Waals surface area contributed by atoms with E-state index in [1.165, 1.54) is 0 Å². The van der Waals surface area contributed by atoms with Crippen LogP contribution in [0.3, 0.4) is 0 Å². The maximum Gasteiger partial charge on any atom is 0 e. The number of rotatable bonds is 0. The van der Waals surface area contributed by atoms with Gasteiger partial charge in [-0.2, -0.15) is 0 Å². The van der Waals surface area contributed by atoms with Gasteiger partial charge in [0.25, 0.3) is 0 Å². The largest absolute Gasteiger partial charge is 0 e. The van der Waals surface area contributed by atoms with E-state index in [2.05, 4.69) is 0 Å². The van der Waals surface area contributed by atoms with Gasteiger partial charge in [-0.15, -0.1) is 0 Å². The molecule has 0 saturated heterocycles. The van der Waals surface area contributed by atoms with Crippen LogP contribution in [0.4, 0.5) is 0 Å². The number of hydrogen-bond donors (Lipinski definition) is 0. The second-order valence-electron chi connectivity index (χ2n) is 0. The van der Waals surface area contributed by atoms with Crippen molar-refractivity contribution in [3.05, 3.63) is 0 Å². The van der Waals surface area contributed by atoms with Gasteiger partial charge in [0.15, 0.2) is 0 Å². The maximum atomic E-state index is 0. The summed E-state index contributed by atoms with van der Waals surface area (Å²) in [5.74, 6) is 0. The van der Waals surface area contributed by atoms with E-state index >= 15 is 0 Å². The van der Waals surface area contributed by atoms with Crippen LogP contribution >= 0.6 is 0 Å². The molecule has 0 amide bonds. The van der Waals surface area contributed by atoms with Crippen LogP contribution in [0.2, 0.25) is 0 Å². The van der Waals surface area contributed by atoms with Crippen molar-refractivity contribution in [2.75, 3.05) is 0 Å². The van der Waals surface area contributed by atoms with Crippen molar-refractivity contribution in [2.24, 2.45) is 0 Å². The molecule has 0 aromatic rings. The van der Waals surface area contributed by atoms with Crippen LogP contribution in [0, 0.1) is 0 Å². The molecule has 0 N–H and O–H groups in total. The normalized spacial score (nSPS) is 0. The van der Waals surface area contributed by atoms with Crippen LogP contribution in [0.15, 0.2) is 0 Å². The Hall–Kier alpha value is 2.35. The summed E-state index contributed by atoms with van der Waals surface area (Å²) < 4.78 is 0. The van der Waals surface area contributed by atoms with Gasteiger partial charge in [0.2, 0.25) is 0 Å². The van der Waals surface area contributed by atoms with E-state index in [0.29, 0.717) is 0 Å². The summed E-state index contributed by atoms with van der Waals surface area (Å²) in [6.07, 6.45) is 0. The minimum absolute atomic E-state index is 0. The Balaban J connectivity index is 0. The molecule has 0 fully saturated rings. The zero-order valence-corrected chi connectivity index (χ0v) is 8.89. The first-order chi connectivity index (χ1) is 0. The molecule has 0 aliphatic carbocycles. The minimum atomic E-state index is 0. The van der Waals surface area contributed by atoms with Crippen molar-refractivity contribution in [3.8, 4) is 0 Å². The monoisotopic (exact) mass is 280 g/mol. The summed E-state index contributed by atoms with van der Waals surface area (Å²) in [5, 5.41) is 0. The fourth-order valence-corrected chi connectivity index (χ4v) is 0. The Morgan fingerprint density at radius 3 is 1.00 bits per heavy atom. The first-order valence-electron chi connectivity index (χ1n) is 0. The van der Waals surface area contributed by atoms with Crippen LogP contribution in [0.5, 0.6) is 0 Å². The van der Waals surface area contributed by atoms with E-state index in [0.717, 1.165) is 0 Å². The molecule has 0 nitrogen and oxygen atoms in total. The molecule has 26 valence electrons.